The van der Waals surface area contributed by atoms with Crippen molar-refractivity contribution in [2.75, 3.05) is 32.1 Å². The SMILES string of the molecule is CCNc1snnc1CN1CCC(C(=O)OC)CC1. The minimum Gasteiger partial charge on any atom is -0.469 e. The van der Waals surface area contributed by atoms with Crippen LogP contribution in [-0.4, -0.2) is 47.2 Å². The normalized spacial score (nSPS) is 17.4. The molecule has 19 heavy (non-hydrogen) atoms. The number of anilines is 1. The van der Waals surface area contributed by atoms with Crippen molar-refractivity contribution in [1.29, 1.82) is 0 Å². The molecule has 0 radical (unpaired) electrons. The number of piperidine rings is 1. The Bertz CT molecular complexity index is 416. The lowest BCUT2D eigenvalue weighted by molar-refractivity contribution is -0.147. The molecule has 0 aromatic carbocycles. The average Bonchev–Trinajstić information content (AvgIpc) is 2.86. The minimum atomic E-state index is -0.0803. The standard InChI is InChI=1S/C12H20N4O2S/c1-3-13-11-10(14-15-19-11)8-16-6-4-9(5-7-16)12(17)18-2/h9,13H,3-8H2,1-2H3. The topological polar surface area (TPSA) is 67.4 Å². The van der Waals surface area contributed by atoms with Crippen molar-refractivity contribution in [2.45, 2.75) is 26.3 Å². The van der Waals surface area contributed by atoms with Crippen LogP contribution in [0.3, 0.4) is 0 Å². The van der Waals surface area contributed by atoms with Crippen LogP contribution in [0.25, 0.3) is 0 Å². The zero-order valence-electron chi connectivity index (χ0n) is 11.4. The molecular weight excluding hydrogens is 264 g/mol. The van der Waals surface area contributed by atoms with Crippen LogP contribution in [0.2, 0.25) is 0 Å². The van der Waals surface area contributed by atoms with Crippen LogP contribution in [0.5, 0.6) is 0 Å². The Labute approximate surface area is 117 Å². The molecule has 1 N–H and O–H groups in total. The van der Waals surface area contributed by atoms with E-state index in [2.05, 4.69) is 26.7 Å². The Kier molecular flexibility index (Phi) is 5.09. The molecule has 1 aliphatic rings. The Balaban J connectivity index is 1.85. The van der Waals surface area contributed by atoms with Crippen molar-refractivity contribution in [3.8, 4) is 0 Å². The summed E-state index contributed by atoms with van der Waals surface area (Å²) in [4.78, 5) is 13.8. The fourth-order valence-corrected chi connectivity index (χ4v) is 2.95. The molecule has 106 valence electrons. The van der Waals surface area contributed by atoms with Crippen LogP contribution in [0.4, 0.5) is 5.00 Å². The first-order valence-corrected chi connectivity index (χ1v) is 7.37. The van der Waals surface area contributed by atoms with Crippen LogP contribution >= 0.6 is 11.5 Å². The second-order valence-electron chi connectivity index (χ2n) is 4.65. The van der Waals surface area contributed by atoms with E-state index in [-0.39, 0.29) is 11.9 Å². The third-order valence-corrected chi connectivity index (χ3v) is 4.11. The van der Waals surface area contributed by atoms with E-state index in [1.54, 1.807) is 0 Å². The summed E-state index contributed by atoms with van der Waals surface area (Å²) in [5, 5.41) is 8.50. The summed E-state index contributed by atoms with van der Waals surface area (Å²) < 4.78 is 8.78. The van der Waals surface area contributed by atoms with Gasteiger partial charge in [0, 0.05) is 24.6 Å². The fourth-order valence-electron chi connectivity index (χ4n) is 2.31. The molecule has 7 heteroatoms. The minimum absolute atomic E-state index is 0.0584. The zero-order chi connectivity index (χ0) is 13.7. The quantitative estimate of drug-likeness (QED) is 0.823. The highest BCUT2D eigenvalue weighted by molar-refractivity contribution is 7.10. The molecule has 1 aliphatic heterocycles. The number of carbonyl (C=O) groups is 1. The lowest BCUT2D eigenvalue weighted by Crippen LogP contribution is -2.36. The van der Waals surface area contributed by atoms with Crippen LogP contribution in [0.15, 0.2) is 0 Å². The van der Waals surface area contributed by atoms with E-state index in [1.165, 1.54) is 18.6 Å². The Morgan fingerprint density at radius 2 is 2.26 bits per heavy atom. The van der Waals surface area contributed by atoms with Crippen LogP contribution in [0, 0.1) is 5.92 Å². The predicted octanol–water partition coefficient (Wildman–Crippen LogP) is 1.35. The van der Waals surface area contributed by atoms with Crippen molar-refractivity contribution >= 4 is 22.5 Å². The van der Waals surface area contributed by atoms with E-state index in [0.29, 0.717) is 0 Å². The fraction of sp³-hybridized carbons (Fsp3) is 0.750. The molecule has 0 amide bonds. The van der Waals surface area contributed by atoms with Crippen molar-refractivity contribution in [3.63, 3.8) is 0 Å². The van der Waals surface area contributed by atoms with Crippen molar-refractivity contribution in [1.82, 2.24) is 14.5 Å². The zero-order valence-corrected chi connectivity index (χ0v) is 12.2. The van der Waals surface area contributed by atoms with Gasteiger partial charge in [0.2, 0.25) is 0 Å². The van der Waals surface area contributed by atoms with Gasteiger partial charge in [0.25, 0.3) is 0 Å². The summed E-state index contributed by atoms with van der Waals surface area (Å²) in [7, 11) is 1.46. The number of rotatable bonds is 5. The van der Waals surface area contributed by atoms with Gasteiger partial charge in [-0.2, -0.15) is 0 Å². The summed E-state index contributed by atoms with van der Waals surface area (Å²) >= 11 is 1.40. The Morgan fingerprint density at radius 3 is 2.89 bits per heavy atom. The maximum Gasteiger partial charge on any atom is 0.308 e. The first-order chi connectivity index (χ1) is 9.24. The monoisotopic (exact) mass is 284 g/mol. The van der Waals surface area contributed by atoms with Crippen molar-refractivity contribution in [3.05, 3.63) is 5.69 Å². The van der Waals surface area contributed by atoms with Gasteiger partial charge in [0.15, 0.2) is 0 Å². The van der Waals surface area contributed by atoms with Gasteiger partial charge in [0.05, 0.1) is 13.0 Å². The number of carbonyl (C=O) groups excluding carboxylic acids is 1. The molecule has 1 saturated heterocycles. The lowest BCUT2D eigenvalue weighted by Gasteiger charge is -2.30. The Morgan fingerprint density at radius 1 is 1.53 bits per heavy atom. The molecule has 1 aromatic rings. The molecule has 0 unspecified atom stereocenters. The number of aromatic nitrogens is 2. The van der Waals surface area contributed by atoms with Gasteiger partial charge >= 0.3 is 5.97 Å². The van der Waals surface area contributed by atoms with Crippen LogP contribution in [0.1, 0.15) is 25.5 Å². The number of esters is 1. The molecule has 1 aromatic heterocycles. The third kappa shape index (κ3) is 3.63. The van der Waals surface area contributed by atoms with E-state index in [9.17, 15) is 4.79 Å². The summed E-state index contributed by atoms with van der Waals surface area (Å²) in [5.74, 6) is -0.0219. The number of hydrogen-bond acceptors (Lipinski definition) is 7. The highest BCUT2D eigenvalue weighted by atomic mass is 32.1. The van der Waals surface area contributed by atoms with E-state index in [0.717, 1.165) is 49.7 Å². The first kappa shape index (κ1) is 14.2. The highest BCUT2D eigenvalue weighted by Crippen LogP contribution is 2.23. The number of likely N-dealkylation sites (tertiary alicyclic amines) is 1. The predicted molar refractivity (Wildman–Crippen MR) is 74.1 cm³/mol. The van der Waals surface area contributed by atoms with Gasteiger partial charge in [-0.25, -0.2) is 0 Å². The molecule has 1 fully saturated rings. The van der Waals surface area contributed by atoms with E-state index < -0.39 is 0 Å². The second-order valence-corrected chi connectivity index (χ2v) is 5.41. The van der Waals surface area contributed by atoms with Gasteiger partial charge in [-0.1, -0.05) is 4.49 Å². The maximum absolute atomic E-state index is 11.5. The molecule has 0 atom stereocenters. The summed E-state index contributed by atoms with van der Waals surface area (Å²) in [5.41, 5.74) is 1.00. The molecule has 2 rings (SSSR count). The molecule has 0 bridgehead atoms. The van der Waals surface area contributed by atoms with Gasteiger partial charge < -0.3 is 10.1 Å². The molecule has 0 spiro atoms. The second kappa shape index (κ2) is 6.81. The number of nitrogens with zero attached hydrogens (tertiary/aromatic N) is 3. The average molecular weight is 284 g/mol. The summed E-state index contributed by atoms with van der Waals surface area (Å²) in [6, 6.07) is 0. The number of hydrogen-bond donors (Lipinski definition) is 1. The molecule has 2 heterocycles. The van der Waals surface area contributed by atoms with E-state index >= 15 is 0 Å². The van der Waals surface area contributed by atoms with Gasteiger partial charge in [0.1, 0.15) is 10.7 Å². The maximum atomic E-state index is 11.5. The van der Waals surface area contributed by atoms with E-state index in [4.69, 9.17) is 4.74 Å². The lowest BCUT2D eigenvalue weighted by atomic mass is 9.97. The molecule has 0 saturated carbocycles. The number of ether oxygens (including phenoxy) is 1. The Hall–Kier alpha value is -1.21. The largest absolute Gasteiger partial charge is 0.469 e. The van der Waals surface area contributed by atoms with Gasteiger partial charge in [-0.05, 0) is 32.9 Å². The van der Waals surface area contributed by atoms with Crippen LogP contribution < -0.4 is 5.32 Å². The third-order valence-electron chi connectivity index (χ3n) is 3.39. The van der Waals surface area contributed by atoms with E-state index in [1.807, 2.05) is 0 Å². The highest BCUT2D eigenvalue weighted by Gasteiger charge is 2.26. The van der Waals surface area contributed by atoms with Crippen LogP contribution in [-0.2, 0) is 16.1 Å². The van der Waals surface area contributed by atoms with Gasteiger partial charge in [-0.15, -0.1) is 5.10 Å². The van der Waals surface area contributed by atoms with Crippen molar-refractivity contribution in [2.24, 2.45) is 5.92 Å². The van der Waals surface area contributed by atoms with Crippen molar-refractivity contribution < 1.29 is 9.53 Å². The number of nitrogens with one attached hydrogen (secondary N) is 1. The number of methoxy groups -OCH3 is 1. The molecular formula is C12H20N4O2S. The van der Waals surface area contributed by atoms with Gasteiger partial charge in [-0.3, -0.25) is 9.69 Å². The summed E-state index contributed by atoms with van der Waals surface area (Å²) in [6.07, 6.45) is 1.72. The first-order valence-electron chi connectivity index (χ1n) is 6.59. The smallest absolute Gasteiger partial charge is 0.308 e. The molecule has 6 nitrogen and oxygen atoms in total. The summed E-state index contributed by atoms with van der Waals surface area (Å²) in [6.45, 7) is 5.55. The molecule has 0 aliphatic carbocycles.